The summed E-state index contributed by atoms with van der Waals surface area (Å²) in [6, 6.07) is 17.9. The van der Waals surface area contributed by atoms with Crippen LogP contribution in [0.2, 0.25) is 0 Å². The van der Waals surface area contributed by atoms with Crippen molar-refractivity contribution in [1.82, 2.24) is 5.32 Å². The number of para-hydroxylation sites is 2. The van der Waals surface area contributed by atoms with E-state index in [9.17, 15) is 9.59 Å². The van der Waals surface area contributed by atoms with Gasteiger partial charge in [0.1, 0.15) is 5.75 Å². The molecular formula is C23H23N3O7S. The molecule has 0 aliphatic rings. The van der Waals surface area contributed by atoms with Gasteiger partial charge in [0.2, 0.25) is 5.91 Å². The zero-order valence-corrected chi connectivity index (χ0v) is 18.9. The number of aliphatic carboxylic acids is 2. The van der Waals surface area contributed by atoms with Gasteiger partial charge < -0.3 is 30.9 Å². The molecular weight excluding hydrogens is 462 g/mol. The third-order valence-corrected chi connectivity index (χ3v) is 5.01. The molecule has 34 heavy (non-hydrogen) atoms. The summed E-state index contributed by atoms with van der Waals surface area (Å²) in [6.45, 7) is 0.876. The molecule has 1 heterocycles. The van der Waals surface area contributed by atoms with Crippen LogP contribution < -0.4 is 20.7 Å². The average Bonchev–Trinajstić information content (AvgIpc) is 3.34. The maximum absolute atomic E-state index is 12.4. The lowest BCUT2D eigenvalue weighted by Gasteiger charge is -2.10. The molecule has 0 unspecified atom stereocenters. The van der Waals surface area contributed by atoms with E-state index < -0.39 is 11.9 Å². The Labute approximate surface area is 199 Å². The van der Waals surface area contributed by atoms with Crippen molar-refractivity contribution in [2.24, 2.45) is 0 Å². The lowest BCUT2D eigenvalue weighted by atomic mass is 10.2. The Hall–Kier alpha value is -4.22. The van der Waals surface area contributed by atoms with Crippen molar-refractivity contribution >= 4 is 46.5 Å². The van der Waals surface area contributed by atoms with Crippen molar-refractivity contribution in [1.29, 1.82) is 0 Å². The Bertz CT molecular complexity index is 1100. The molecule has 1 aromatic heterocycles. The van der Waals surface area contributed by atoms with Gasteiger partial charge in [-0.3, -0.25) is 9.59 Å². The quantitative estimate of drug-likeness (QED) is 0.305. The number of methoxy groups -OCH3 is 1. The van der Waals surface area contributed by atoms with Gasteiger partial charge in [0.15, 0.2) is 0 Å². The van der Waals surface area contributed by atoms with Gasteiger partial charge in [-0.25, -0.2) is 9.59 Å². The average molecular weight is 486 g/mol. The summed E-state index contributed by atoms with van der Waals surface area (Å²) in [4.78, 5) is 43.8. The number of carbonyl (C=O) groups excluding carboxylic acids is 2. The molecule has 0 fully saturated rings. The van der Waals surface area contributed by atoms with Crippen molar-refractivity contribution in [3.8, 4) is 5.75 Å². The second-order valence-corrected chi connectivity index (χ2v) is 7.61. The number of carbonyl (C=O) groups is 4. The number of benzene rings is 2. The van der Waals surface area contributed by atoms with Gasteiger partial charge in [-0.2, -0.15) is 0 Å². The second-order valence-electron chi connectivity index (χ2n) is 6.57. The molecule has 3 aromatic rings. The summed E-state index contributed by atoms with van der Waals surface area (Å²) in [7, 11) is 1.55. The number of hydrogen-bond acceptors (Lipinski definition) is 7. The maximum Gasteiger partial charge on any atom is 0.414 e. The Morgan fingerprint density at radius 3 is 2.15 bits per heavy atom. The summed E-state index contributed by atoms with van der Waals surface area (Å²) in [5.41, 5.74) is 1.72. The largest absolute Gasteiger partial charge is 0.495 e. The van der Waals surface area contributed by atoms with E-state index in [0.29, 0.717) is 29.2 Å². The standard InChI is InChI=1S/C21H21N3O3S.C2H2O4/c1-27-19-7-3-2-6-18(19)24-21(26)15-8-10-16(11-9-15)23-20(25)14-22-13-17-5-4-12-28-17;3-1(4)2(5)6/h2-12,22H,13-14H2,1H3,(H,23,25)(H,24,26);(H,3,4)(H,5,6). The van der Waals surface area contributed by atoms with E-state index in [-0.39, 0.29) is 18.4 Å². The third kappa shape index (κ3) is 8.73. The number of rotatable bonds is 8. The summed E-state index contributed by atoms with van der Waals surface area (Å²) in [6.07, 6.45) is 0. The van der Waals surface area contributed by atoms with Gasteiger partial charge in [-0.1, -0.05) is 18.2 Å². The number of carboxylic acids is 2. The number of carboxylic acid groups (broad SMARTS) is 2. The van der Waals surface area contributed by atoms with Crippen LogP contribution in [0.3, 0.4) is 0 Å². The lowest BCUT2D eigenvalue weighted by Crippen LogP contribution is -2.27. The Morgan fingerprint density at radius 2 is 1.56 bits per heavy atom. The first-order chi connectivity index (χ1) is 16.3. The summed E-state index contributed by atoms with van der Waals surface area (Å²) >= 11 is 1.65. The highest BCUT2D eigenvalue weighted by Crippen LogP contribution is 2.23. The Kier molecular flexibility index (Phi) is 10.2. The number of ether oxygens (including phenoxy) is 1. The lowest BCUT2D eigenvalue weighted by molar-refractivity contribution is -0.159. The molecule has 10 nitrogen and oxygen atoms in total. The van der Waals surface area contributed by atoms with Crippen molar-refractivity contribution in [3.63, 3.8) is 0 Å². The fourth-order valence-electron chi connectivity index (χ4n) is 2.56. The number of anilines is 2. The van der Waals surface area contributed by atoms with Crippen molar-refractivity contribution in [2.45, 2.75) is 6.54 Å². The van der Waals surface area contributed by atoms with E-state index in [0.717, 1.165) is 0 Å². The Morgan fingerprint density at radius 1 is 0.882 bits per heavy atom. The molecule has 0 spiro atoms. The van der Waals surface area contributed by atoms with E-state index in [1.165, 1.54) is 4.88 Å². The van der Waals surface area contributed by atoms with Gasteiger partial charge in [0.25, 0.3) is 5.91 Å². The van der Waals surface area contributed by atoms with Crippen molar-refractivity contribution in [3.05, 3.63) is 76.5 Å². The van der Waals surface area contributed by atoms with Crippen LogP contribution in [-0.2, 0) is 20.9 Å². The minimum Gasteiger partial charge on any atom is -0.495 e. The normalized spacial score (nSPS) is 9.79. The van der Waals surface area contributed by atoms with Gasteiger partial charge >= 0.3 is 11.9 Å². The molecule has 3 rings (SSSR count). The number of amides is 2. The highest BCUT2D eigenvalue weighted by Gasteiger charge is 2.10. The number of hydrogen-bond donors (Lipinski definition) is 5. The Balaban J connectivity index is 0.000000604. The molecule has 2 aromatic carbocycles. The van der Waals surface area contributed by atoms with Crippen LogP contribution in [0.15, 0.2) is 66.0 Å². The summed E-state index contributed by atoms with van der Waals surface area (Å²) < 4.78 is 5.23. The van der Waals surface area contributed by atoms with Crippen LogP contribution in [-0.4, -0.2) is 47.6 Å². The topological polar surface area (TPSA) is 154 Å². The summed E-state index contributed by atoms with van der Waals surface area (Å²) in [5.74, 6) is -3.44. The van der Waals surface area contributed by atoms with Crippen LogP contribution >= 0.6 is 11.3 Å². The molecule has 2 amide bonds. The predicted molar refractivity (Wildman–Crippen MR) is 127 cm³/mol. The molecule has 0 saturated heterocycles. The fourth-order valence-corrected chi connectivity index (χ4v) is 3.24. The van der Waals surface area contributed by atoms with E-state index in [2.05, 4.69) is 16.0 Å². The minimum atomic E-state index is -1.82. The third-order valence-electron chi connectivity index (χ3n) is 4.13. The van der Waals surface area contributed by atoms with E-state index in [1.54, 1.807) is 54.8 Å². The predicted octanol–water partition coefficient (Wildman–Crippen LogP) is 2.89. The first-order valence-corrected chi connectivity index (χ1v) is 10.7. The fraction of sp³-hybridized carbons (Fsp3) is 0.130. The molecule has 0 radical (unpaired) electrons. The van der Waals surface area contributed by atoms with Crippen LogP contribution in [0.1, 0.15) is 15.2 Å². The molecule has 5 N–H and O–H groups in total. The van der Waals surface area contributed by atoms with E-state index in [4.69, 9.17) is 24.5 Å². The maximum atomic E-state index is 12.4. The molecule has 0 atom stereocenters. The second kappa shape index (κ2) is 13.4. The zero-order chi connectivity index (χ0) is 24.9. The number of thiophene rings is 1. The monoisotopic (exact) mass is 485 g/mol. The van der Waals surface area contributed by atoms with E-state index >= 15 is 0 Å². The molecule has 0 bridgehead atoms. The van der Waals surface area contributed by atoms with Gasteiger partial charge in [0.05, 0.1) is 19.3 Å². The highest BCUT2D eigenvalue weighted by atomic mass is 32.1. The first-order valence-electron chi connectivity index (χ1n) is 9.83. The van der Waals surface area contributed by atoms with Crippen molar-refractivity contribution in [2.75, 3.05) is 24.3 Å². The van der Waals surface area contributed by atoms with Crippen LogP contribution in [0.5, 0.6) is 5.75 Å². The molecule has 0 aliphatic carbocycles. The van der Waals surface area contributed by atoms with Crippen LogP contribution in [0.4, 0.5) is 11.4 Å². The summed E-state index contributed by atoms with van der Waals surface area (Å²) in [5, 5.41) is 25.5. The van der Waals surface area contributed by atoms with Crippen LogP contribution in [0, 0.1) is 0 Å². The van der Waals surface area contributed by atoms with Crippen LogP contribution in [0.25, 0.3) is 0 Å². The molecule has 178 valence electrons. The molecule has 0 saturated carbocycles. The minimum absolute atomic E-state index is 0.136. The van der Waals surface area contributed by atoms with Gasteiger partial charge in [-0.05, 0) is 47.8 Å². The van der Waals surface area contributed by atoms with Gasteiger partial charge in [-0.15, -0.1) is 11.3 Å². The molecule has 0 aliphatic heterocycles. The van der Waals surface area contributed by atoms with Gasteiger partial charge in [0, 0.05) is 22.7 Å². The van der Waals surface area contributed by atoms with E-state index in [1.807, 2.05) is 29.6 Å². The first kappa shape index (κ1) is 26.0. The molecule has 11 heteroatoms. The zero-order valence-electron chi connectivity index (χ0n) is 18.1. The number of nitrogens with one attached hydrogen (secondary N) is 3. The SMILES string of the molecule is COc1ccccc1NC(=O)c1ccc(NC(=O)CNCc2cccs2)cc1.O=C(O)C(=O)O. The highest BCUT2D eigenvalue weighted by molar-refractivity contribution is 7.09. The van der Waals surface area contributed by atoms with Crippen molar-refractivity contribution < 1.29 is 34.1 Å². The smallest absolute Gasteiger partial charge is 0.414 e.